The van der Waals surface area contributed by atoms with E-state index in [0.717, 1.165) is 22.4 Å². The van der Waals surface area contributed by atoms with Crippen molar-refractivity contribution in [3.8, 4) is 45.4 Å². The SMILES string of the molecule is c1ccc(-c2ccc(-c3nnc(-c4cccnc4-c4ccccn4)o3)cc2)cc1. The second-order valence-electron chi connectivity index (χ2n) is 6.47. The van der Waals surface area contributed by atoms with E-state index in [1.165, 1.54) is 5.56 Å². The summed E-state index contributed by atoms with van der Waals surface area (Å²) in [7, 11) is 0. The first-order valence-electron chi connectivity index (χ1n) is 9.25. The van der Waals surface area contributed by atoms with E-state index in [-0.39, 0.29) is 0 Å². The molecule has 0 saturated carbocycles. The molecule has 5 aromatic rings. The maximum absolute atomic E-state index is 5.97. The second kappa shape index (κ2) is 7.48. The fourth-order valence-corrected chi connectivity index (χ4v) is 3.17. The van der Waals surface area contributed by atoms with Crippen molar-refractivity contribution in [3.63, 3.8) is 0 Å². The Labute approximate surface area is 167 Å². The van der Waals surface area contributed by atoms with Gasteiger partial charge in [-0.1, -0.05) is 48.5 Å². The Hall–Kier alpha value is -4.12. The molecule has 5 rings (SSSR count). The van der Waals surface area contributed by atoms with Crippen LogP contribution < -0.4 is 0 Å². The second-order valence-corrected chi connectivity index (χ2v) is 6.47. The standard InChI is InChI=1S/C24H16N4O/c1-2-7-17(8-3-1)18-11-13-19(14-12-18)23-27-28-24(29-23)20-9-6-16-26-22(20)21-10-4-5-15-25-21/h1-16H. The minimum Gasteiger partial charge on any atom is -0.416 e. The normalized spacial score (nSPS) is 10.8. The van der Waals surface area contributed by atoms with E-state index >= 15 is 0 Å². The number of hydrogen-bond donors (Lipinski definition) is 0. The summed E-state index contributed by atoms with van der Waals surface area (Å²) in [6.07, 6.45) is 3.47. The van der Waals surface area contributed by atoms with Gasteiger partial charge in [0.05, 0.1) is 11.3 Å². The molecule has 2 aromatic carbocycles. The minimum absolute atomic E-state index is 0.417. The lowest BCUT2D eigenvalue weighted by atomic mass is 10.0. The minimum atomic E-state index is 0.417. The van der Waals surface area contributed by atoms with Gasteiger partial charge in [0.15, 0.2) is 0 Å². The summed E-state index contributed by atoms with van der Waals surface area (Å²) in [6, 6.07) is 27.8. The largest absolute Gasteiger partial charge is 0.416 e. The van der Waals surface area contributed by atoms with Crippen LogP contribution in [0.1, 0.15) is 0 Å². The van der Waals surface area contributed by atoms with E-state index in [2.05, 4.69) is 44.4 Å². The summed E-state index contributed by atoms with van der Waals surface area (Å²) in [5.74, 6) is 0.885. The van der Waals surface area contributed by atoms with Gasteiger partial charge in [-0.25, -0.2) is 0 Å². The molecule has 0 aliphatic carbocycles. The zero-order valence-electron chi connectivity index (χ0n) is 15.4. The van der Waals surface area contributed by atoms with Gasteiger partial charge in [-0.05, 0) is 47.5 Å². The molecule has 0 radical (unpaired) electrons. The predicted molar refractivity (Wildman–Crippen MR) is 112 cm³/mol. The first kappa shape index (κ1) is 17.0. The summed E-state index contributed by atoms with van der Waals surface area (Å²) in [4.78, 5) is 8.85. The van der Waals surface area contributed by atoms with E-state index < -0.39 is 0 Å². The number of hydrogen-bond acceptors (Lipinski definition) is 5. The first-order chi connectivity index (χ1) is 14.4. The van der Waals surface area contributed by atoms with Gasteiger partial charge in [0.1, 0.15) is 5.69 Å². The van der Waals surface area contributed by atoms with E-state index in [9.17, 15) is 0 Å². The van der Waals surface area contributed by atoms with Crippen molar-refractivity contribution >= 4 is 0 Å². The van der Waals surface area contributed by atoms with E-state index in [0.29, 0.717) is 17.5 Å². The highest BCUT2D eigenvalue weighted by Crippen LogP contribution is 2.30. The van der Waals surface area contributed by atoms with E-state index in [4.69, 9.17) is 4.42 Å². The number of aromatic nitrogens is 4. The zero-order chi connectivity index (χ0) is 19.5. The maximum Gasteiger partial charge on any atom is 0.250 e. The fraction of sp³-hybridized carbons (Fsp3) is 0. The molecule has 0 aliphatic rings. The third-order valence-electron chi connectivity index (χ3n) is 4.61. The smallest absolute Gasteiger partial charge is 0.250 e. The van der Waals surface area contributed by atoms with Crippen LogP contribution in [0.3, 0.4) is 0 Å². The lowest BCUT2D eigenvalue weighted by Crippen LogP contribution is -1.90. The third kappa shape index (κ3) is 3.41. The van der Waals surface area contributed by atoms with Gasteiger partial charge in [-0.15, -0.1) is 10.2 Å². The molecule has 0 atom stereocenters. The molecule has 0 N–H and O–H groups in total. The van der Waals surface area contributed by atoms with Crippen molar-refractivity contribution in [2.45, 2.75) is 0 Å². The molecule has 0 aliphatic heterocycles. The Bertz CT molecular complexity index is 1230. The Morgan fingerprint density at radius 2 is 1.21 bits per heavy atom. The molecule has 5 heteroatoms. The first-order valence-corrected chi connectivity index (χ1v) is 9.25. The molecule has 3 heterocycles. The summed E-state index contributed by atoms with van der Waals surface area (Å²) in [5.41, 5.74) is 5.40. The Kier molecular flexibility index (Phi) is 4.39. The molecule has 0 fully saturated rings. The van der Waals surface area contributed by atoms with Crippen molar-refractivity contribution in [2.24, 2.45) is 0 Å². The highest BCUT2D eigenvalue weighted by molar-refractivity contribution is 5.75. The van der Waals surface area contributed by atoms with Crippen LogP contribution in [-0.2, 0) is 0 Å². The van der Waals surface area contributed by atoms with Gasteiger partial charge in [-0.2, -0.15) is 0 Å². The molecule has 29 heavy (non-hydrogen) atoms. The summed E-state index contributed by atoms with van der Waals surface area (Å²) < 4.78 is 5.97. The number of benzene rings is 2. The molecule has 0 amide bonds. The van der Waals surface area contributed by atoms with Crippen LogP contribution in [0.25, 0.3) is 45.4 Å². The monoisotopic (exact) mass is 376 g/mol. The highest BCUT2D eigenvalue weighted by atomic mass is 16.4. The number of pyridine rings is 2. The summed E-state index contributed by atoms with van der Waals surface area (Å²) >= 11 is 0. The maximum atomic E-state index is 5.97. The Morgan fingerprint density at radius 1 is 0.517 bits per heavy atom. The van der Waals surface area contributed by atoms with Crippen molar-refractivity contribution in [3.05, 3.63) is 97.3 Å². The van der Waals surface area contributed by atoms with Crippen LogP contribution in [0.15, 0.2) is 102 Å². The Morgan fingerprint density at radius 3 is 2.00 bits per heavy atom. The molecule has 0 saturated heterocycles. The zero-order valence-corrected chi connectivity index (χ0v) is 15.4. The summed E-state index contributed by atoms with van der Waals surface area (Å²) in [5, 5.41) is 8.48. The molecule has 0 spiro atoms. The van der Waals surface area contributed by atoms with Crippen LogP contribution in [0.5, 0.6) is 0 Å². The van der Waals surface area contributed by atoms with Crippen LogP contribution in [0.4, 0.5) is 0 Å². The quantitative estimate of drug-likeness (QED) is 0.413. The number of nitrogens with zero attached hydrogens (tertiary/aromatic N) is 4. The molecular weight excluding hydrogens is 360 g/mol. The molecular formula is C24H16N4O. The lowest BCUT2D eigenvalue weighted by molar-refractivity contribution is 0.584. The molecule has 5 nitrogen and oxygen atoms in total. The van der Waals surface area contributed by atoms with E-state index in [1.807, 2.05) is 60.7 Å². The van der Waals surface area contributed by atoms with Crippen LogP contribution in [-0.4, -0.2) is 20.2 Å². The van der Waals surface area contributed by atoms with Gasteiger partial charge in [0.25, 0.3) is 0 Å². The van der Waals surface area contributed by atoms with Gasteiger partial charge < -0.3 is 4.42 Å². The average Bonchev–Trinajstić information content (AvgIpc) is 3.31. The average molecular weight is 376 g/mol. The van der Waals surface area contributed by atoms with Crippen LogP contribution in [0.2, 0.25) is 0 Å². The lowest BCUT2D eigenvalue weighted by Gasteiger charge is -2.04. The van der Waals surface area contributed by atoms with Crippen LogP contribution >= 0.6 is 0 Å². The highest BCUT2D eigenvalue weighted by Gasteiger charge is 2.16. The molecule has 138 valence electrons. The topological polar surface area (TPSA) is 64.7 Å². The Balaban J connectivity index is 1.48. The molecule has 0 unspecified atom stereocenters. The molecule has 3 aromatic heterocycles. The fourth-order valence-electron chi connectivity index (χ4n) is 3.17. The van der Waals surface area contributed by atoms with Gasteiger partial charge in [0.2, 0.25) is 11.8 Å². The van der Waals surface area contributed by atoms with Crippen LogP contribution in [0, 0.1) is 0 Å². The van der Waals surface area contributed by atoms with Crippen molar-refractivity contribution in [1.82, 2.24) is 20.2 Å². The van der Waals surface area contributed by atoms with E-state index in [1.54, 1.807) is 12.4 Å². The van der Waals surface area contributed by atoms with Crippen molar-refractivity contribution < 1.29 is 4.42 Å². The number of rotatable bonds is 4. The van der Waals surface area contributed by atoms with Gasteiger partial charge in [-0.3, -0.25) is 9.97 Å². The van der Waals surface area contributed by atoms with Gasteiger partial charge in [0, 0.05) is 18.0 Å². The summed E-state index contributed by atoms with van der Waals surface area (Å²) in [6.45, 7) is 0. The van der Waals surface area contributed by atoms with Crippen molar-refractivity contribution in [2.75, 3.05) is 0 Å². The van der Waals surface area contributed by atoms with Crippen molar-refractivity contribution in [1.29, 1.82) is 0 Å². The van der Waals surface area contributed by atoms with Gasteiger partial charge >= 0.3 is 0 Å². The predicted octanol–water partition coefficient (Wildman–Crippen LogP) is 5.53. The third-order valence-corrected chi connectivity index (χ3v) is 4.61. The molecule has 0 bridgehead atoms.